The molecule has 1 aromatic rings. The predicted molar refractivity (Wildman–Crippen MR) is 113 cm³/mol. The average molecular weight is 437 g/mol. The van der Waals surface area contributed by atoms with E-state index in [1.54, 1.807) is 0 Å². The van der Waals surface area contributed by atoms with Crippen LogP contribution in [0.3, 0.4) is 0 Å². The maximum absolute atomic E-state index is 3.85. The van der Waals surface area contributed by atoms with Crippen molar-refractivity contribution in [3.8, 4) is 0 Å². The zero-order valence-electron chi connectivity index (χ0n) is 14.4. The molecule has 0 aliphatic carbocycles. The molecule has 23 heavy (non-hydrogen) atoms. The van der Waals surface area contributed by atoms with Gasteiger partial charge in [0.2, 0.25) is 0 Å². The lowest BCUT2D eigenvalue weighted by molar-refractivity contribution is 0.312. The number of thiophene rings is 1. The second kappa shape index (κ2) is 10.7. The van der Waals surface area contributed by atoms with Gasteiger partial charge in [0.15, 0.2) is 0 Å². The van der Waals surface area contributed by atoms with E-state index in [1.165, 1.54) is 72.9 Å². The van der Waals surface area contributed by atoms with Crippen molar-refractivity contribution in [3.63, 3.8) is 0 Å². The minimum atomic E-state index is 0.293. The topological polar surface area (TPSA) is 12.0 Å². The van der Waals surface area contributed by atoms with Crippen molar-refractivity contribution >= 4 is 49.0 Å². The lowest BCUT2D eigenvalue weighted by Gasteiger charge is -2.34. The normalized spacial score (nSPS) is 20.2. The highest BCUT2D eigenvalue weighted by Gasteiger charge is 2.44. The van der Waals surface area contributed by atoms with Crippen LogP contribution in [0.2, 0.25) is 0 Å². The largest absolute Gasteiger partial charge is 0.247 e. The Bertz CT molecular complexity index is 437. The molecule has 1 aliphatic rings. The number of nitrogens with one attached hydrogen (secondary N) is 1. The summed E-state index contributed by atoms with van der Waals surface area (Å²) in [6.07, 6.45) is 13.5. The summed E-state index contributed by atoms with van der Waals surface area (Å²) in [5.74, 6) is 0. The summed E-state index contributed by atoms with van der Waals surface area (Å²) in [6, 6.07) is 4.54. The third-order valence-corrected chi connectivity index (χ3v) is 9.13. The zero-order chi connectivity index (χ0) is 16.5. The fourth-order valence-electron chi connectivity index (χ4n) is 3.31. The van der Waals surface area contributed by atoms with E-state index in [1.807, 2.05) is 33.1 Å². The van der Waals surface area contributed by atoms with Gasteiger partial charge in [0, 0.05) is 10.4 Å². The van der Waals surface area contributed by atoms with Crippen molar-refractivity contribution in [2.24, 2.45) is 0 Å². The first-order valence-corrected chi connectivity index (χ1v) is 12.9. The molecule has 0 radical (unpaired) electrons. The van der Waals surface area contributed by atoms with E-state index in [0.717, 1.165) is 0 Å². The van der Waals surface area contributed by atoms with Gasteiger partial charge < -0.3 is 0 Å². The fourth-order valence-corrected chi connectivity index (χ4v) is 8.46. The molecule has 132 valence electrons. The number of hydrogen-bond acceptors (Lipinski definition) is 4. The summed E-state index contributed by atoms with van der Waals surface area (Å²) < 4.78 is 5.11. The van der Waals surface area contributed by atoms with Crippen molar-refractivity contribution in [1.29, 1.82) is 0 Å². The summed E-state index contributed by atoms with van der Waals surface area (Å²) in [5.41, 5.74) is 0.293. The summed E-state index contributed by atoms with van der Waals surface area (Å²) >= 11 is 5.56. The van der Waals surface area contributed by atoms with Gasteiger partial charge in [-0.15, -0.1) is 11.3 Å². The number of hydrogen-bond donors (Lipinski definition) is 1. The molecule has 0 bridgehead atoms. The molecule has 2 rings (SSSR count). The number of halogens is 1. The van der Waals surface area contributed by atoms with Crippen molar-refractivity contribution in [3.05, 3.63) is 20.8 Å². The highest BCUT2D eigenvalue weighted by molar-refractivity contribution is 9.11. The Morgan fingerprint density at radius 1 is 1.00 bits per heavy atom. The summed E-state index contributed by atoms with van der Waals surface area (Å²) in [4.78, 5) is 1.53. The van der Waals surface area contributed by atoms with E-state index in [9.17, 15) is 0 Å². The SMILES string of the molecule is CCCCCCC1(CCCCCC)NSSC1c1ccc(Br)s1. The van der Waals surface area contributed by atoms with Crippen LogP contribution in [-0.4, -0.2) is 5.54 Å². The van der Waals surface area contributed by atoms with Crippen LogP contribution in [0.5, 0.6) is 0 Å². The molecule has 1 N–H and O–H groups in total. The highest BCUT2D eigenvalue weighted by Crippen LogP contribution is 2.56. The Morgan fingerprint density at radius 3 is 2.17 bits per heavy atom. The molecule has 1 saturated heterocycles. The lowest BCUT2D eigenvalue weighted by Crippen LogP contribution is -2.41. The Kier molecular flexibility index (Phi) is 9.42. The second-order valence-corrected chi connectivity index (χ2v) is 11.2. The van der Waals surface area contributed by atoms with Crippen molar-refractivity contribution in [2.45, 2.75) is 88.8 Å². The first-order chi connectivity index (χ1) is 11.2. The number of unbranched alkanes of at least 4 members (excludes halogenated alkanes) is 6. The van der Waals surface area contributed by atoms with Crippen LogP contribution >= 0.6 is 49.0 Å². The maximum Gasteiger partial charge on any atom is 0.0701 e. The summed E-state index contributed by atoms with van der Waals surface area (Å²) in [6.45, 7) is 4.60. The third kappa shape index (κ3) is 5.95. The molecule has 1 aliphatic heterocycles. The van der Waals surface area contributed by atoms with Gasteiger partial charge in [-0.25, -0.2) is 4.72 Å². The van der Waals surface area contributed by atoms with E-state index in [2.05, 4.69) is 46.6 Å². The van der Waals surface area contributed by atoms with Gasteiger partial charge in [-0.1, -0.05) is 76.0 Å². The van der Waals surface area contributed by atoms with Gasteiger partial charge in [-0.2, -0.15) is 0 Å². The Morgan fingerprint density at radius 2 is 1.65 bits per heavy atom. The molecule has 5 heteroatoms. The maximum atomic E-state index is 3.85. The lowest BCUT2D eigenvalue weighted by atomic mass is 9.83. The first kappa shape index (κ1) is 20.2. The molecule has 0 amide bonds. The predicted octanol–water partition coefficient (Wildman–Crippen LogP) is 8.13. The molecular weight excluding hydrogens is 406 g/mol. The van der Waals surface area contributed by atoms with Crippen molar-refractivity contribution in [1.82, 2.24) is 4.72 Å². The van der Waals surface area contributed by atoms with Crippen molar-refractivity contribution in [2.75, 3.05) is 0 Å². The van der Waals surface area contributed by atoms with Gasteiger partial charge in [0.1, 0.15) is 0 Å². The molecule has 2 heterocycles. The molecule has 1 aromatic heterocycles. The minimum absolute atomic E-state index is 0.293. The Hall–Kier alpha value is 0.840. The molecule has 1 unspecified atom stereocenters. The van der Waals surface area contributed by atoms with Crippen LogP contribution in [0, 0.1) is 0 Å². The zero-order valence-corrected chi connectivity index (χ0v) is 18.4. The van der Waals surface area contributed by atoms with Crippen LogP contribution < -0.4 is 4.72 Å². The van der Waals surface area contributed by atoms with Gasteiger partial charge in [-0.05, 0) is 51.9 Å². The van der Waals surface area contributed by atoms with Crippen LogP contribution in [-0.2, 0) is 0 Å². The van der Waals surface area contributed by atoms with Crippen LogP contribution in [0.4, 0.5) is 0 Å². The van der Waals surface area contributed by atoms with E-state index < -0.39 is 0 Å². The van der Waals surface area contributed by atoms with Gasteiger partial charge in [0.25, 0.3) is 0 Å². The van der Waals surface area contributed by atoms with Gasteiger partial charge in [0.05, 0.1) is 9.04 Å². The minimum Gasteiger partial charge on any atom is -0.247 e. The van der Waals surface area contributed by atoms with E-state index in [0.29, 0.717) is 10.8 Å². The van der Waals surface area contributed by atoms with Gasteiger partial charge in [-0.3, -0.25) is 0 Å². The Balaban J connectivity index is 2.03. The van der Waals surface area contributed by atoms with Crippen LogP contribution in [0.25, 0.3) is 0 Å². The molecule has 0 aromatic carbocycles. The van der Waals surface area contributed by atoms with Crippen LogP contribution in [0.1, 0.15) is 88.2 Å². The monoisotopic (exact) mass is 435 g/mol. The average Bonchev–Trinajstić information content (AvgIpc) is 3.15. The van der Waals surface area contributed by atoms with Gasteiger partial charge >= 0.3 is 0 Å². The molecule has 1 atom stereocenters. The molecular formula is C18H30BrNS3. The third-order valence-electron chi connectivity index (χ3n) is 4.70. The van der Waals surface area contributed by atoms with E-state index in [-0.39, 0.29) is 0 Å². The first-order valence-electron chi connectivity index (χ1n) is 9.06. The van der Waals surface area contributed by atoms with E-state index >= 15 is 0 Å². The smallest absolute Gasteiger partial charge is 0.0701 e. The summed E-state index contributed by atoms with van der Waals surface area (Å²) in [7, 11) is 3.92. The highest BCUT2D eigenvalue weighted by atomic mass is 79.9. The standard InChI is InChI=1S/C18H30BrNS3/c1-3-5-7-9-13-18(14-10-8-6-4-2)17(22-23-20-18)15-11-12-16(19)21-15/h11-12,17,20H,3-10,13-14H2,1-2H3. The molecule has 0 saturated carbocycles. The second-order valence-electron chi connectivity index (χ2n) is 6.58. The molecule has 0 spiro atoms. The van der Waals surface area contributed by atoms with Crippen molar-refractivity contribution < 1.29 is 0 Å². The summed E-state index contributed by atoms with van der Waals surface area (Å²) in [5, 5.41) is 0.604. The van der Waals surface area contributed by atoms with Crippen LogP contribution in [0.15, 0.2) is 15.9 Å². The fraction of sp³-hybridized carbons (Fsp3) is 0.778. The molecule has 1 fully saturated rings. The number of rotatable bonds is 11. The van der Waals surface area contributed by atoms with E-state index in [4.69, 9.17) is 0 Å². The Labute approximate surface area is 162 Å². The molecule has 1 nitrogen and oxygen atoms in total. The quantitative estimate of drug-likeness (QED) is 0.214.